The molecule has 0 saturated carbocycles. The molecule has 2 aromatic heterocycles. The topological polar surface area (TPSA) is 56.1 Å². The monoisotopic (exact) mass is 379 g/mol. The van der Waals surface area contributed by atoms with E-state index in [1.165, 1.54) is 0 Å². The predicted molar refractivity (Wildman–Crippen MR) is 107 cm³/mol. The largest absolute Gasteiger partial charge is 0.497 e. The summed E-state index contributed by atoms with van der Waals surface area (Å²) in [7, 11) is 1.65. The van der Waals surface area contributed by atoms with Crippen LogP contribution in [0.2, 0.25) is 0 Å². The molecule has 28 heavy (non-hydrogen) atoms. The number of benzene rings is 1. The van der Waals surface area contributed by atoms with Crippen LogP contribution in [0.5, 0.6) is 5.75 Å². The number of methoxy groups -OCH3 is 1. The minimum Gasteiger partial charge on any atom is -0.497 e. The molecule has 0 aliphatic carbocycles. The summed E-state index contributed by atoms with van der Waals surface area (Å²) in [5, 5.41) is 0. The number of carbonyl (C=O) groups excluding carboxylic acids is 1. The Labute approximate surface area is 164 Å². The highest BCUT2D eigenvalue weighted by Crippen LogP contribution is 2.19. The van der Waals surface area contributed by atoms with Crippen LogP contribution in [0.25, 0.3) is 5.65 Å². The highest BCUT2D eigenvalue weighted by atomic mass is 16.5. The molecule has 0 unspecified atom stereocenters. The molecule has 0 radical (unpaired) electrons. The number of rotatable bonds is 6. The molecule has 4 rings (SSSR count). The van der Waals surface area contributed by atoms with E-state index < -0.39 is 0 Å². The summed E-state index contributed by atoms with van der Waals surface area (Å²) in [6.07, 6.45) is 5.93. The second-order valence-electron chi connectivity index (χ2n) is 7.23. The van der Waals surface area contributed by atoms with Crippen molar-refractivity contribution >= 4 is 11.6 Å². The minimum absolute atomic E-state index is 0.000397. The molecule has 6 nitrogen and oxygen atoms in total. The van der Waals surface area contributed by atoms with Gasteiger partial charge in [0, 0.05) is 32.1 Å². The standard InChI is InChI=1S/C22H25N3O3/c1-16-12-24-14-18(7-10-21(24)23-16)22(26)25(15-20-4-3-11-28-20)13-17-5-8-19(27-2)9-6-17/h5-10,12,14,20H,3-4,11,13,15H2,1-2H3/t20-/m1/s1. The Morgan fingerprint density at radius 3 is 2.79 bits per heavy atom. The third-order valence-electron chi connectivity index (χ3n) is 5.09. The van der Waals surface area contributed by atoms with Crippen LogP contribution in [0.3, 0.4) is 0 Å². The second kappa shape index (κ2) is 8.02. The van der Waals surface area contributed by atoms with Gasteiger partial charge in [-0.3, -0.25) is 4.79 Å². The number of carbonyl (C=O) groups is 1. The zero-order valence-electron chi connectivity index (χ0n) is 16.3. The van der Waals surface area contributed by atoms with E-state index in [0.29, 0.717) is 18.7 Å². The Balaban J connectivity index is 1.58. The van der Waals surface area contributed by atoms with E-state index >= 15 is 0 Å². The lowest BCUT2D eigenvalue weighted by atomic mass is 10.1. The smallest absolute Gasteiger partial charge is 0.255 e. The normalized spacial score (nSPS) is 16.4. The molecule has 0 N–H and O–H groups in total. The van der Waals surface area contributed by atoms with Crippen molar-refractivity contribution in [2.45, 2.75) is 32.4 Å². The highest BCUT2D eigenvalue weighted by Gasteiger charge is 2.24. The number of imidazole rings is 1. The number of ether oxygens (including phenoxy) is 2. The van der Waals surface area contributed by atoms with E-state index in [4.69, 9.17) is 9.47 Å². The van der Waals surface area contributed by atoms with Crippen molar-refractivity contribution in [1.29, 1.82) is 0 Å². The number of amides is 1. The van der Waals surface area contributed by atoms with Crippen LogP contribution in [-0.4, -0.2) is 46.6 Å². The van der Waals surface area contributed by atoms with Gasteiger partial charge in [-0.25, -0.2) is 4.98 Å². The molecular weight excluding hydrogens is 354 g/mol. The molecular formula is C22H25N3O3. The summed E-state index contributed by atoms with van der Waals surface area (Å²) in [6, 6.07) is 11.6. The summed E-state index contributed by atoms with van der Waals surface area (Å²) >= 11 is 0. The molecule has 1 atom stereocenters. The third-order valence-corrected chi connectivity index (χ3v) is 5.09. The molecule has 0 spiro atoms. The Morgan fingerprint density at radius 1 is 1.25 bits per heavy atom. The van der Waals surface area contributed by atoms with E-state index in [2.05, 4.69) is 4.98 Å². The average Bonchev–Trinajstić information content (AvgIpc) is 3.35. The van der Waals surface area contributed by atoms with E-state index in [1.54, 1.807) is 7.11 Å². The van der Waals surface area contributed by atoms with Crippen LogP contribution in [0, 0.1) is 6.92 Å². The van der Waals surface area contributed by atoms with Crippen LogP contribution in [0.15, 0.2) is 48.8 Å². The van der Waals surface area contributed by atoms with Crippen LogP contribution < -0.4 is 4.74 Å². The van der Waals surface area contributed by atoms with Gasteiger partial charge in [-0.2, -0.15) is 0 Å². The lowest BCUT2D eigenvalue weighted by Gasteiger charge is -2.26. The number of aryl methyl sites for hydroxylation is 1. The fraction of sp³-hybridized carbons (Fsp3) is 0.364. The maximum atomic E-state index is 13.3. The number of fused-ring (bicyclic) bond motifs is 1. The number of aromatic nitrogens is 2. The summed E-state index contributed by atoms with van der Waals surface area (Å²) in [5.74, 6) is 0.807. The number of nitrogens with zero attached hydrogens (tertiary/aromatic N) is 3. The van der Waals surface area contributed by atoms with Gasteiger partial charge in [0.25, 0.3) is 5.91 Å². The number of hydrogen-bond donors (Lipinski definition) is 0. The van der Waals surface area contributed by atoms with E-state index in [-0.39, 0.29) is 12.0 Å². The maximum Gasteiger partial charge on any atom is 0.255 e. The predicted octanol–water partition coefficient (Wildman–Crippen LogP) is 3.47. The first-order valence-corrected chi connectivity index (χ1v) is 9.61. The Bertz CT molecular complexity index is 959. The van der Waals surface area contributed by atoms with Crippen molar-refractivity contribution in [3.63, 3.8) is 0 Å². The lowest BCUT2D eigenvalue weighted by Crippen LogP contribution is -2.37. The molecule has 1 aliphatic heterocycles. The highest BCUT2D eigenvalue weighted by molar-refractivity contribution is 5.94. The summed E-state index contributed by atoms with van der Waals surface area (Å²) in [4.78, 5) is 19.6. The van der Waals surface area contributed by atoms with Crippen LogP contribution in [0.1, 0.15) is 34.5 Å². The first kappa shape index (κ1) is 18.5. The van der Waals surface area contributed by atoms with Gasteiger partial charge < -0.3 is 18.8 Å². The number of pyridine rings is 1. The first-order valence-electron chi connectivity index (χ1n) is 9.61. The average molecular weight is 379 g/mol. The fourth-order valence-corrected chi connectivity index (χ4v) is 3.63. The summed E-state index contributed by atoms with van der Waals surface area (Å²) in [6.45, 7) is 3.84. The van der Waals surface area contributed by atoms with Gasteiger partial charge in [-0.1, -0.05) is 12.1 Å². The van der Waals surface area contributed by atoms with Gasteiger partial charge in [0.15, 0.2) is 0 Å². The Hall–Kier alpha value is -2.86. The third kappa shape index (κ3) is 4.02. The van der Waals surface area contributed by atoms with Crippen LogP contribution in [0.4, 0.5) is 0 Å². The molecule has 0 bridgehead atoms. The van der Waals surface area contributed by atoms with Crippen molar-refractivity contribution in [2.75, 3.05) is 20.3 Å². The molecule has 1 aliphatic rings. The molecule has 3 aromatic rings. The molecule has 146 valence electrons. The van der Waals surface area contributed by atoms with Crippen LogP contribution >= 0.6 is 0 Å². The van der Waals surface area contributed by atoms with E-state index in [0.717, 1.165) is 42.1 Å². The summed E-state index contributed by atoms with van der Waals surface area (Å²) in [5.41, 5.74) is 3.48. The zero-order valence-corrected chi connectivity index (χ0v) is 16.3. The Kier molecular flexibility index (Phi) is 5.30. The Morgan fingerprint density at radius 2 is 2.07 bits per heavy atom. The van der Waals surface area contributed by atoms with Crippen molar-refractivity contribution < 1.29 is 14.3 Å². The van der Waals surface area contributed by atoms with Crippen molar-refractivity contribution in [1.82, 2.24) is 14.3 Å². The van der Waals surface area contributed by atoms with Gasteiger partial charge >= 0.3 is 0 Å². The molecule has 1 saturated heterocycles. The molecule has 3 heterocycles. The molecule has 1 aromatic carbocycles. The SMILES string of the molecule is COc1ccc(CN(C[C@H]2CCCO2)C(=O)c2ccc3nc(C)cn3c2)cc1. The van der Waals surface area contributed by atoms with Crippen molar-refractivity contribution in [2.24, 2.45) is 0 Å². The van der Waals surface area contributed by atoms with Gasteiger partial charge in [0.05, 0.1) is 24.5 Å². The lowest BCUT2D eigenvalue weighted by molar-refractivity contribution is 0.0507. The number of hydrogen-bond acceptors (Lipinski definition) is 4. The van der Waals surface area contributed by atoms with Crippen molar-refractivity contribution in [3.8, 4) is 5.75 Å². The fourth-order valence-electron chi connectivity index (χ4n) is 3.63. The second-order valence-corrected chi connectivity index (χ2v) is 7.23. The van der Waals surface area contributed by atoms with E-state index in [9.17, 15) is 4.79 Å². The first-order chi connectivity index (χ1) is 13.6. The molecule has 1 fully saturated rings. The molecule has 1 amide bonds. The van der Waals surface area contributed by atoms with Gasteiger partial charge in [-0.05, 0) is 49.6 Å². The molecule has 6 heteroatoms. The zero-order chi connectivity index (χ0) is 19.5. The minimum atomic E-state index is -0.000397. The quantitative estimate of drug-likeness (QED) is 0.658. The van der Waals surface area contributed by atoms with E-state index in [1.807, 2.05) is 65.0 Å². The summed E-state index contributed by atoms with van der Waals surface area (Å²) < 4.78 is 12.9. The van der Waals surface area contributed by atoms with Gasteiger partial charge in [0.2, 0.25) is 0 Å². The van der Waals surface area contributed by atoms with Crippen molar-refractivity contribution in [3.05, 3.63) is 65.6 Å². The van der Waals surface area contributed by atoms with Gasteiger partial charge in [-0.15, -0.1) is 0 Å². The van der Waals surface area contributed by atoms with Gasteiger partial charge in [0.1, 0.15) is 11.4 Å². The maximum absolute atomic E-state index is 13.3. The van der Waals surface area contributed by atoms with Crippen LogP contribution in [-0.2, 0) is 11.3 Å².